The second-order valence-corrected chi connectivity index (χ2v) is 7.73. The van der Waals surface area contributed by atoms with Gasteiger partial charge in [-0.25, -0.2) is 4.98 Å². The van der Waals surface area contributed by atoms with Crippen molar-refractivity contribution in [1.29, 1.82) is 0 Å². The van der Waals surface area contributed by atoms with Gasteiger partial charge in [-0.1, -0.05) is 36.9 Å². The summed E-state index contributed by atoms with van der Waals surface area (Å²) in [6.07, 6.45) is 2.91. The van der Waals surface area contributed by atoms with E-state index in [1.165, 1.54) is 22.2 Å². The molecule has 1 aliphatic rings. The van der Waals surface area contributed by atoms with Crippen molar-refractivity contribution in [2.24, 2.45) is 0 Å². The zero-order valence-electron chi connectivity index (χ0n) is 13.8. The van der Waals surface area contributed by atoms with Gasteiger partial charge in [0.25, 0.3) is 5.56 Å². The summed E-state index contributed by atoms with van der Waals surface area (Å²) in [5.74, 6) is 0. The molecule has 0 saturated carbocycles. The van der Waals surface area contributed by atoms with E-state index in [-0.39, 0.29) is 5.56 Å². The Morgan fingerprint density at radius 3 is 2.79 bits per heavy atom. The standard InChI is InChI=1S/C18H19N3OS2/c1-3-20-10-9-13-14(11-20)24-16-15(13)17(22)21(18(19-16)23-2)12-7-5-4-6-8-12/h4-8H,3,9-11H2,1-2H3. The van der Waals surface area contributed by atoms with Crippen molar-refractivity contribution in [2.75, 3.05) is 19.3 Å². The molecule has 6 heteroatoms. The zero-order valence-corrected chi connectivity index (χ0v) is 15.4. The summed E-state index contributed by atoms with van der Waals surface area (Å²) in [5.41, 5.74) is 2.17. The van der Waals surface area contributed by atoms with Crippen molar-refractivity contribution in [1.82, 2.24) is 14.5 Å². The average molecular weight is 358 g/mol. The normalized spacial score (nSPS) is 14.9. The molecule has 4 nitrogen and oxygen atoms in total. The zero-order chi connectivity index (χ0) is 16.7. The van der Waals surface area contributed by atoms with Crippen LogP contribution in [-0.2, 0) is 13.0 Å². The largest absolute Gasteiger partial charge is 0.298 e. The lowest BCUT2D eigenvalue weighted by Gasteiger charge is -2.25. The van der Waals surface area contributed by atoms with Crippen LogP contribution in [0.3, 0.4) is 0 Å². The van der Waals surface area contributed by atoms with Gasteiger partial charge in [0, 0.05) is 18.0 Å². The second kappa shape index (κ2) is 6.35. The smallest absolute Gasteiger partial charge is 0.267 e. The molecule has 0 radical (unpaired) electrons. The van der Waals surface area contributed by atoms with Gasteiger partial charge >= 0.3 is 0 Å². The summed E-state index contributed by atoms with van der Waals surface area (Å²) in [6, 6.07) is 9.81. The van der Waals surface area contributed by atoms with Gasteiger partial charge in [-0.3, -0.25) is 14.3 Å². The van der Waals surface area contributed by atoms with E-state index >= 15 is 0 Å². The maximum atomic E-state index is 13.3. The number of benzene rings is 1. The minimum atomic E-state index is 0.0676. The van der Waals surface area contributed by atoms with Gasteiger partial charge < -0.3 is 0 Å². The number of para-hydroxylation sites is 1. The number of nitrogens with zero attached hydrogens (tertiary/aromatic N) is 3. The van der Waals surface area contributed by atoms with Crippen LogP contribution in [0.4, 0.5) is 0 Å². The Balaban J connectivity index is 1.98. The minimum absolute atomic E-state index is 0.0676. The highest BCUT2D eigenvalue weighted by Gasteiger charge is 2.24. The molecule has 0 atom stereocenters. The molecule has 3 aromatic rings. The van der Waals surface area contributed by atoms with E-state index in [1.54, 1.807) is 15.9 Å². The highest BCUT2D eigenvalue weighted by molar-refractivity contribution is 7.98. The lowest BCUT2D eigenvalue weighted by Crippen LogP contribution is -2.30. The molecule has 2 aromatic heterocycles. The van der Waals surface area contributed by atoms with Crippen LogP contribution in [-0.4, -0.2) is 33.8 Å². The number of fused-ring (bicyclic) bond motifs is 3. The molecule has 0 unspecified atom stereocenters. The average Bonchev–Trinajstić information content (AvgIpc) is 2.99. The van der Waals surface area contributed by atoms with Crippen molar-refractivity contribution < 1.29 is 0 Å². The van der Waals surface area contributed by atoms with E-state index < -0.39 is 0 Å². The van der Waals surface area contributed by atoms with Gasteiger partial charge in [-0.05, 0) is 36.9 Å². The quantitative estimate of drug-likeness (QED) is 0.531. The maximum Gasteiger partial charge on any atom is 0.267 e. The lowest BCUT2D eigenvalue weighted by molar-refractivity contribution is 0.272. The van der Waals surface area contributed by atoms with Crippen LogP contribution >= 0.6 is 23.1 Å². The lowest BCUT2D eigenvalue weighted by atomic mass is 10.1. The summed E-state index contributed by atoms with van der Waals surface area (Å²) in [4.78, 5) is 22.7. The fraction of sp³-hybridized carbons (Fsp3) is 0.333. The highest BCUT2D eigenvalue weighted by atomic mass is 32.2. The molecule has 124 valence electrons. The first kappa shape index (κ1) is 15.9. The molecular weight excluding hydrogens is 338 g/mol. The molecule has 24 heavy (non-hydrogen) atoms. The fourth-order valence-electron chi connectivity index (χ4n) is 3.29. The molecule has 0 bridgehead atoms. The molecule has 0 fully saturated rings. The van der Waals surface area contributed by atoms with E-state index in [9.17, 15) is 4.79 Å². The van der Waals surface area contributed by atoms with E-state index in [1.807, 2.05) is 36.6 Å². The second-order valence-electron chi connectivity index (χ2n) is 5.88. The molecule has 0 spiro atoms. The topological polar surface area (TPSA) is 38.1 Å². The molecule has 0 saturated heterocycles. The highest BCUT2D eigenvalue weighted by Crippen LogP contribution is 2.33. The molecule has 3 heterocycles. The first-order chi connectivity index (χ1) is 11.7. The number of hydrogen-bond donors (Lipinski definition) is 0. The van der Waals surface area contributed by atoms with Gasteiger partial charge in [0.05, 0.1) is 11.1 Å². The number of aromatic nitrogens is 2. The van der Waals surface area contributed by atoms with Crippen LogP contribution < -0.4 is 5.56 Å². The number of thioether (sulfide) groups is 1. The fourth-order valence-corrected chi connectivity index (χ4v) is 5.15. The molecule has 4 rings (SSSR count). The Labute approximate surface area is 149 Å². The van der Waals surface area contributed by atoms with Crippen molar-refractivity contribution in [3.05, 3.63) is 51.1 Å². The van der Waals surface area contributed by atoms with Crippen molar-refractivity contribution in [3.8, 4) is 5.69 Å². The Bertz CT molecular complexity index is 946. The number of rotatable bonds is 3. The first-order valence-electron chi connectivity index (χ1n) is 8.12. The number of thiophene rings is 1. The van der Waals surface area contributed by atoms with E-state index in [0.717, 1.165) is 47.1 Å². The number of likely N-dealkylation sites (N-methyl/N-ethyl adjacent to an activating group) is 1. The van der Waals surface area contributed by atoms with Crippen LogP contribution in [0.5, 0.6) is 0 Å². The molecular formula is C18H19N3OS2. The molecule has 0 aliphatic carbocycles. The van der Waals surface area contributed by atoms with E-state index in [4.69, 9.17) is 4.98 Å². The summed E-state index contributed by atoms with van der Waals surface area (Å²) in [6.45, 7) is 5.19. The third kappa shape index (κ3) is 2.49. The van der Waals surface area contributed by atoms with Gasteiger partial charge in [0.2, 0.25) is 0 Å². The Hall–Kier alpha value is -1.63. The molecule has 1 aromatic carbocycles. The van der Waals surface area contributed by atoms with Gasteiger partial charge in [-0.2, -0.15) is 0 Å². The summed E-state index contributed by atoms with van der Waals surface area (Å²) >= 11 is 3.21. The Morgan fingerprint density at radius 1 is 1.29 bits per heavy atom. The Kier molecular flexibility index (Phi) is 4.20. The third-order valence-corrected chi connectivity index (χ3v) is 6.32. The van der Waals surface area contributed by atoms with Gasteiger partial charge in [0.15, 0.2) is 5.16 Å². The Morgan fingerprint density at radius 2 is 2.08 bits per heavy atom. The minimum Gasteiger partial charge on any atom is -0.298 e. The predicted octanol–water partition coefficient (Wildman–Crippen LogP) is 3.55. The predicted molar refractivity (Wildman–Crippen MR) is 102 cm³/mol. The maximum absolute atomic E-state index is 13.3. The third-order valence-electron chi connectivity index (χ3n) is 4.57. The van der Waals surface area contributed by atoms with E-state index in [2.05, 4.69) is 11.8 Å². The first-order valence-corrected chi connectivity index (χ1v) is 10.2. The number of hydrogen-bond acceptors (Lipinski definition) is 5. The van der Waals surface area contributed by atoms with Gasteiger partial charge in [0.1, 0.15) is 4.83 Å². The van der Waals surface area contributed by atoms with Gasteiger partial charge in [-0.15, -0.1) is 11.3 Å². The summed E-state index contributed by atoms with van der Waals surface area (Å²) < 4.78 is 1.76. The van der Waals surface area contributed by atoms with Crippen LogP contribution in [0, 0.1) is 0 Å². The van der Waals surface area contributed by atoms with Crippen LogP contribution in [0.1, 0.15) is 17.4 Å². The van der Waals surface area contributed by atoms with Crippen LogP contribution in [0.2, 0.25) is 0 Å². The molecule has 0 amide bonds. The van der Waals surface area contributed by atoms with Crippen molar-refractivity contribution >= 4 is 33.3 Å². The van der Waals surface area contributed by atoms with Crippen molar-refractivity contribution in [2.45, 2.75) is 25.0 Å². The summed E-state index contributed by atoms with van der Waals surface area (Å²) in [5, 5.41) is 1.58. The monoisotopic (exact) mass is 357 g/mol. The van der Waals surface area contributed by atoms with Crippen LogP contribution in [0.25, 0.3) is 15.9 Å². The molecule has 0 N–H and O–H groups in total. The molecule has 1 aliphatic heterocycles. The van der Waals surface area contributed by atoms with Crippen molar-refractivity contribution in [3.63, 3.8) is 0 Å². The van der Waals surface area contributed by atoms with Crippen LogP contribution in [0.15, 0.2) is 40.3 Å². The summed E-state index contributed by atoms with van der Waals surface area (Å²) in [7, 11) is 0. The van der Waals surface area contributed by atoms with E-state index in [0.29, 0.717) is 0 Å². The SMILES string of the molecule is CCN1CCc2c(sc3nc(SC)n(-c4ccccc4)c(=O)c23)C1.